The van der Waals surface area contributed by atoms with Crippen molar-refractivity contribution in [2.45, 2.75) is 19.0 Å². The molecule has 0 amide bonds. The van der Waals surface area contributed by atoms with Gasteiger partial charge in [0.05, 0.1) is 11.4 Å². The molecule has 76 valence electrons. The minimum atomic E-state index is -0.000520. The van der Waals surface area contributed by atoms with E-state index in [0.29, 0.717) is 11.6 Å². The Bertz CT molecular complexity index is 329. The first-order valence-electron chi connectivity index (χ1n) is 4.54. The van der Waals surface area contributed by atoms with Crippen molar-refractivity contribution < 1.29 is 0 Å². The van der Waals surface area contributed by atoms with E-state index in [4.69, 9.17) is 0 Å². The summed E-state index contributed by atoms with van der Waals surface area (Å²) in [5.41, 5.74) is 3.13. The number of hydrogen-bond acceptors (Lipinski definition) is 2. The van der Waals surface area contributed by atoms with Gasteiger partial charge in [-0.25, -0.2) is 0 Å². The summed E-state index contributed by atoms with van der Waals surface area (Å²) < 4.78 is 0. The Morgan fingerprint density at radius 2 is 2.21 bits per heavy atom. The predicted molar refractivity (Wildman–Crippen MR) is 72.3 cm³/mol. The molecule has 0 saturated heterocycles. The third kappa shape index (κ3) is 2.01. The molecule has 0 aliphatic heterocycles. The van der Waals surface area contributed by atoms with Crippen LogP contribution in [0.2, 0.25) is 0 Å². The lowest BCUT2D eigenvalue weighted by atomic mass is 10.1. The van der Waals surface area contributed by atoms with Crippen LogP contribution in [0.4, 0.5) is 0 Å². The lowest BCUT2D eigenvalue weighted by molar-refractivity contribution is 0.606. The molecular formula is C8H14N2P4. The number of nitrogens with zero attached hydrogens (tertiary/aromatic N) is 2. The second-order valence-electron chi connectivity index (χ2n) is 3.55. The van der Waals surface area contributed by atoms with Crippen molar-refractivity contribution in [3.63, 3.8) is 0 Å². The Balaban J connectivity index is 2.34. The molecular weight excluding hydrogens is 248 g/mol. The second-order valence-corrected chi connectivity index (χ2v) is 13.0. The van der Waals surface area contributed by atoms with E-state index in [9.17, 15) is 0 Å². The maximum atomic E-state index is 4.50. The highest BCUT2D eigenvalue weighted by molar-refractivity contribution is 8.61. The van der Waals surface area contributed by atoms with Crippen molar-refractivity contribution in [3.05, 3.63) is 23.8 Å². The van der Waals surface area contributed by atoms with Crippen LogP contribution in [0.15, 0.2) is 12.4 Å². The van der Waals surface area contributed by atoms with Crippen LogP contribution in [0.25, 0.3) is 0 Å². The predicted octanol–water partition coefficient (Wildman–Crippen LogP) is 3.37. The van der Waals surface area contributed by atoms with Crippen LogP contribution in [0.5, 0.6) is 0 Å². The molecule has 2 nitrogen and oxygen atoms in total. The lowest BCUT2D eigenvalue weighted by Crippen LogP contribution is -1.98. The third-order valence-corrected chi connectivity index (χ3v) is 13.6. The summed E-state index contributed by atoms with van der Waals surface area (Å²) in [5, 5.41) is 0. The Hall–Kier alpha value is 0.800. The molecule has 1 aliphatic rings. The first-order chi connectivity index (χ1) is 6.74. The van der Waals surface area contributed by atoms with Gasteiger partial charge in [0.2, 0.25) is 0 Å². The molecule has 0 bridgehead atoms. The van der Waals surface area contributed by atoms with Crippen molar-refractivity contribution in [2.24, 2.45) is 5.92 Å². The smallest absolute Gasteiger partial charge is 0.0701 e. The van der Waals surface area contributed by atoms with E-state index in [1.54, 1.807) is 0 Å². The van der Waals surface area contributed by atoms with Gasteiger partial charge in [-0.05, 0) is 12.3 Å². The molecule has 0 aromatic carbocycles. The van der Waals surface area contributed by atoms with Gasteiger partial charge >= 0.3 is 0 Å². The highest BCUT2D eigenvalue weighted by Crippen LogP contribution is 2.76. The molecule has 0 fully saturated rings. The van der Waals surface area contributed by atoms with Gasteiger partial charge in [0.25, 0.3) is 0 Å². The number of aromatic nitrogens is 2. The lowest BCUT2D eigenvalue weighted by Gasteiger charge is -2.21. The first kappa shape index (κ1) is 11.3. The Kier molecular flexibility index (Phi) is 3.84. The highest BCUT2D eigenvalue weighted by atomic mass is 32.6. The second kappa shape index (κ2) is 4.76. The van der Waals surface area contributed by atoms with Gasteiger partial charge in [0, 0.05) is 18.1 Å². The average molecular weight is 262 g/mol. The molecule has 6 heteroatoms. The molecule has 0 spiro atoms. The Morgan fingerprint density at radius 1 is 1.50 bits per heavy atom. The van der Waals surface area contributed by atoms with Crippen LogP contribution < -0.4 is 0 Å². The minimum absolute atomic E-state index is 0.000520. The van der Waals surface area contributed by atoms with Crippen LogP contribution in [0.3, 0.4) is 0 Å². The summed E-state index contributed by atoms with van der Waals surface area (Å²) in [7, 11) is 6.82. The van der Waals surface area contributed by atoms with E-state index in [2.05, 4.69) is 34.7 Å². The van der Waals surface area contributed by atoms with E-state index in [-0.39, 0.29) is 7.30 Å². The summed E-state index contributed by atoms with van der Waals surface area (Å²) in [6.07, 6.45) is 4.74. The molecule has 6 atom stereocenters. The molecule has 2 rings (SSSR count). The number of fused-ring (bicyclic) bond motifs is 1. The summed E-state index contributed by atoms with van der Waals surface area (Å²) in [6.45, 7) is 2.32. The quantitative estimate of drug-likeness (QED) is 0.763. The van der Waals surface area contributed by atoms with Gasteiger partial charge in [0.15, 0.2) is 0 Å². The molecule has 1 aromatic heterocycles. The van der Waals surface area contributed by atoms with Crippen LogP contribution >= 0.6 is 33.1 Å². The summed E-state index contributed by atoms with van der Waals surface area (Å²) in [4.78, 5) is 8.91. The largest absolute Gasteiger partial charge is 0.258 e. The van der Waals surface area contributed by atoms with Gasteiger partial charge in [-0.15, -0.1) is 17.9 Å². The maximum Gasteiger partial charge on any atom is 0.0701 e. The monoisotopic (exact) mass is 262 g/mol. The average Bonchev–Trinajstić information content (AvgIpc) is 2.53. The fourth-order valence-electron chi connectivity index (χ4n) is 1.95. The van der Waals surface area contributed by atoms with E-state index in [1.165, 1.54) is 11.4 Å². The van der Waals surface area contributed by atoms with Gasteiger partial charge < -0.3 is 0 Å². The minimum Gasteiger partial charge on any atom is -0.258 e. The summed E-state index contributed by atoms with van der Waals surface area (Å²) >= 11 is 0. The summed E-state index contributed by atoms with van der Waals surface area (Å²) in [5.74, 6) is 0.712. The van der Waals surface area contributed by atoms with E-state index in [0.717, 1.165) is 14.4 Å². The van der Waals surface area contributed by atoms with Gasteiger partial charge in [-0.2, -0.15) is 0 Å². The highest BCUT2D eigenvalue weighted by Gasteiger charge is 2.34. The summed E-state index contributed by atoms with van der Waals surface area (Å²) in [6, 6.07) is 0. The van der Waals surface area contributed by atoms with Crippen LogP contribution in [0.1, 0.15) is 24.0 Å². The number of hydrogen-bond donors (Lipinski definition) is 0. The molecule has 0 N–H and O–H groups in total. The normalized spacial score (nSPS) is 28.2. The SMILES string of the molecule is C[C@H]1Cc2nccnc2[C@H]1P(P)PP. The zero-order valence-corrected chi connectivity index (χ0v) is 12.2. The van der Waals surface area contributed by atoms with Crippen LogP contribution in [-0.2, 0) is 6.42 Å². The first-order valence-corrected chi connectivity index (χ1v) is 11.2. The molecule has 1 aliphatic carbocycles. The van der Waals surface area contributed by atoms with Crippen molar-refractivity contribution in [1.82, 2.24) is 9.97 Å². The van der Waals surface area contributed by atoms with Gasteiger partial charge in [0.1, 0.15) is 0 Å². The number of rotatable bonds is 2. The molecule has 4 unspecified atom stereocenters. The topological polar surface area (TPSA) is 25.8 Å². The van der Waals surface area contributed by atoms with Gasteiger partial charge in [-0.1, -0.05) is 22.2 Å². The maximum absolute atomic E-state index is 4.50. The Labute approximate surface area is 92.1 Å². The van der Waals surface area contributed by atoms with E-state index >= 15 is 0 Å². The van der Waals surface area contributed by atoms with E-state index < -0.39 is 0 Å². The van der Waals surface area contributed by atoms with Crippen molar-refractivity contribution in [1.29, 1.82) is 0 Å². The molecule has 1 heterocycles. The zero-order chi connectivity index (χ0) is 10.1. The molecule has 0 saturated carbocycles. The standard InChI is InChI=1S/C8H14N2P4/c1-5-4-6-7(10-3-2-9-6)8(5)14(12)13-11/h2-3,5,8,13H,4,11-12H2,1H3/t5-,8-,14?/m0/s1. The fourth-order valence-corrected chi connectivity index (χ4v) is 7.61. The van der Waals surface area contributed by atoms with Crippen molar-refractivity contribution >= 4 is 33.1 Å². The van der Waals surface area contributed by atoms with E-state index in [1.807, 2.05) is 12.4 Å². The molecule has 14 heavy (non-hydrogen) atoms. The molecule has 1 aromatic rings. The van der Waals surface area contributed by atoms with Gasteiger partial charge in [-0.3, -0.25) is 9.97 Å². The fraction of sp³-hybridized carbons (Fsp3) is 0.500. The molecule has 0 radical (unpaired) electrons. The van der Waals surface area contributed by atoms with Crippen molar-refractivity contribution in [3.8, 4) is 0 Å². The van der Waals surface area contributed by atoms with Crippen LogP contribution in [-0.4, -0.2) is 9.97 Å². The van der Waals surface area contributed by atoms with Crippen LogP contribution in [0, 0.1) is 5.92 Å². The Morgan fingerprint density at radius 3 is 2.93 bits per heavy atom. The third-order valence-electron chi connectivity index (χ3n) is 2.59. The zero-order valence-electron chi connectivity index (χ0n) is 8.01. The van der Waals surface area contributed by atoms with Crippen molar-refractivity contribution in [2.75, 3.05) is 0 Å².